The van der Waals surface area contributed by atoms with Crippen molar-refractivity contribution in [3.05, 3.63) is 108 Å². The molecule has 4 fully saturated rings. The number of rotatable bonds is 14. The van der Waals surface area contributed by atoms with Crippen molar-refractivity contribution >= 4 is 5.97 Å². The number of fused-ring (bicyclic) bond motifs is 3. The van der Waals surface area contributed by atoms with E-state index in [0.29, 0.717) is 0 Å². The molecule has 0 radical (unpaired) electrons. The fourth-order valence-corrected chi connectivity index (χ4v) is 7.23. The first-order valence-corrected chi connectivity index (χ1v) is 18.3. The summed E-state index contributed by atoms with van der Waals surface area (Å²) in [5.41, 5.74) is 2.89. The monoisotopic (exact) mass is 734 g/mol. The fraction of sp³-hybridized carbons (Fsp3) is 0.537. The van der Waals surface area contributed by atoms with Crippen molar-refractivity contribution in [3.8, 4) is 0 Å². The van der Waals surface area contributed by atoms with Gasteiger partial charge in [0.15, 0.2) is 24.2 Å². The van der Waals surface area contributed by atoms with Crippen molar-refractivity contribution in [2.45, 2.75) is 127 Å². The molecular formula is C41H50O12. The van der Waals surface area contributed by atoms with Crippen molar-refractivity contribution in [2.75, 3.05) is 13.2 Å². The Morgan fingerprint density at radius 1 is 0.547 bits per heavy atom. The maximum Gasteiger partial charge on any atom is 0.302 e. The Morgan fingerprint density at radius 2 is 1.04 bits per heavy atom. The normalized spacial score (nSPS) is 32.8. The van der Waals surface area contributed by atoms with Crippen molar-refractivity contribution in [1.29, 1.82) is 0 Å². The second-order valence-corrected chi connectivity index (χ2v) is 14.7. The number of hydrogen-bond donors (Lipinski definition) is 0. The van der Waals surface area contributed by atoms with Gasteiger partial charge >= 0.3 is 5.97 Å². The lowest BCUT2D eigenvalue weighted by Gasteiger charge is -2.46. The van der Waals surface area contributed by atoms with Crippen LogP contribution in [0.25, 0.3) is 0 Å². The molecule has 12 heteroatoms. The first kappa shape index (κ1) is 38.0. The smallest absolute Gasteiger partial charge is 0.302 e. The highest BCUT2D eigenvalue weighted by molar-refractivity contribution is 5.65. The summed E-state index contributed by atoms with van der Waals surface area (Å²) in [6.45, 7) is 9.49. The van der Waals surface area contributed by atoms with Crippen LogP contribution >= 0.6 is 0 Å². The highest BCUT2D eigenvalue weighted by Crippen LogP contribution is 2.44. The number of benzene rings is 3. The van der Waals surface area contributed by atoms with Crippen LogP contribution in [0.5, 0.6) is 0 Å². The Balaban J connectivity index is 1.18. The Kier molecular flexibility index (Phi) is 11.9. The highest BCUT2D eigenvalue weighted by atomic mass is 16.9. The minimum absolute atomic E-state index is 0.0324. The van der Waals surface area contributed by atoms with Gasteiger partial charge in [0.2, 0.25) is 0 Å². The van der Waals surface area contributed by atoms with Crippen LogP contribution in [-0.2, 0) is 76.7 Å². The van der Waals surface area contributed by atoms with Crippen LogP contribution in [0.4, 0.5) is 0 Å². The zero-order valence-electron chi connectivity index (χ0n) is 30.9. The second kappa shape index (κ2) is 16.6. The topological polar surface area (TPSA) is 119 Å². The lowest BCUT2D eigenvalue weighted by atomic mass is 9.97. The van der Waals surface area contributed by atoms with E-state index in [9.17, 15) is 4.79 Å². The van der Waals surface area contributed by atoms with Crippen LogP contribution in [0.2, 0.25) is 0 Å². The van der Waals surface area contributed by atoms with E-state index in [1.807, 2.05) is 119 Å². The van der Waals surface area contributed by atoms with Gasteiger partial charge in [0.1, 0.15) is 55.4 Å². The summed E-state index contributed by atoms with van der Waals surface area (Å²) in [5.74, 6) is -2.19. The summed E-state index contributed by atoms with van der Waals surface area (Å²) in [7, 11) is 0. The molecule has 286 valence electrons. The van der Waals surface area contributed by atoms with E-state index in [0.717, 1.165) is 16.7 Å². The minimum Gasteiger partial charge on any atom is -0.463 e. The van der Waals surface area contributed by atoms with Crippen molar-refractivity contribution in [2.24, 2.45) is 0 Å². The molecular weight excluding hydrogens is 684 g/mol. The highest BCUT2D eigenvalue weighted by Gasteiger charge is 2.61. The standard InChI is InChI=1S/C41H50O12/c1-26(42)43-24-30-32(44-21-27-15-9-6-10-16-27)34(45-22-28-17-11-7-12-18-28)36(46-23-29-19-13-8-14-20-29)38(48-30)47-25-31-33-35(51-40(2,3)50-33)37-39(49-31)53-41(4,5)52-37/h6-20,30-39H,21-25H2,1-5H3/t30-,31-,32-,33+,34+,35+,36-,37-,38+,39-/m1/s1. The van der Waals surface area contributed by atoms with Gasteiger partial charge in [-0.1, -0.05) is 91.0 Å². The largest absolute Gasteiger partial charge is 0.463 e. The lowest BCUT2D eigenvalue weighted by Crippen LogP contribution is -2.62. The predicted molar refractivity (Wildman–Crippen MR) is 189 cm³/mol. The van der Waals surface area contributed by atoms with E-state index in [2.05, 4.69) is 0 Å². The van der Waals surface area contributed by atoms with Crippen LogP contribution in [0.1, 0.15) is 51.3 Å². The Morgan fingerprint density at radius 3 is 1.60 bits per heavy atom. The van der Waals surface area contributed by atoms with Crippen LogP contribution < -0.4 is 0 Å². The zero-order chi connectivity index (χ0) is 37.0. The summed E-state index contributed by atoms with van der Waals surface area (Å²) >= 11 is 0. The van der Waals surface area contributed by atoms with Gasteiger partial charge in [-0.25, -0.2) is 0 Å². The number of esters is 1. The van der Waals surface area contributed by atoms with Crippen molar-refractivity contribution < 1.29 is 56.9 Å². The molecule has 12 nitrogen and oxygen atoms in total. The first-order valence-electron chi connectivity index (χ1n) is 18.3. The molecule has 0 aliphatic carbocycles. The molecule has 4 saturated heterocycles. The molecule has 0 spiro atoms. The molecule has 0 saturated carbocycles. The van der Waals surface area contributed by atoms with Crippen LogP contribution in [0.15, 0.2) is 91.0 Å². The molecule has 3 aromatic rings. The molecule has 0 amide bonds. The van der Waals surface area contributed by atoms with Gasteiger partial charge in [-0.3, -0.25) is 4.79 Å². The van der Waals surface area contributed by atoms with Gasteiger partial charge < -0.3 is 52.1 Å². The summed E-state index contributed by atoms with van der Waals surface area (Å²) in [5, 5.41) is 0. The third-order valence-electron chi connectivity index (χ3n) is 9.57. The van der Waals surface area contributed by atoms with E-state index in [1.54, 1.807) is 0 Å². The molecule has 0 bridgehead atoms. The molecule has 53 heavy (non-hydrogen) atoms. The predicted octanol–water partition coefficient (Wildman–Crippen LogP) is 5.44. The maximum atomic E-state index is 12.1. The third kappa shape index (κ3) is 9.52. The van der Waals surface area contributed by atoms with E-state index < -0.39 is 79.0 Å². The van der Waals surface area contributed by atoms with Crippen LogP contribution in [-0.4, -0.2) is 92.2 Å². The summed E-state index contributed by atoms with van der Waals surface area (Å²) in [6, 6.07) is 29.5. The van der Waals surface area contributed by atoms with Gasteiger partial charge in [0, 0.05) is 6.92 Å². The third-order valence-corrected chi connectivity index (χ3v) is 9.57. The number of carbonyl (C=O) groups excluding carboxylic acids is 1. The van der Waals surface area contributed by atoms with Crippen LogP contribution in [0, 0.1) is 0 Å². The van der Waals surface area contributed by atoms with E-state index in [-0.39, 0.29) is 33.0 Å². The van der Waals surface area contributed by atoms with E-state index >= 15 is 0 Å². The minimum atomic E-state index is -0.996. The molecule has 4 aliphatic rings. The average molecular weight is 735 g/mol. The van der Waals surface area contributed by atoms with Gasteiger partial charge in [0.05, 0.1) is 26.4 Å². The van der Waals surface area contributed by atoms with E-state index in [4.69, 9.17) is 52.1 Å². The molecule has 10 atom stereocenters. The zero-order valence-corrected chi connectivity index (χ0v) is 30.9. The van der Waals surface area contributed by atoms with Crippen LogP contribution in [0.3, 0.4) is 0 Å². The number of ether oxygens (including phenoxy) is 11. The lowest BCUT2D eigenvalue weighted by molar-refractivity contribution is -0.336. The number of carbonyl (C=O) groups is 1. The summed E-state index contributed by atoms with van der Waals surface area (Å²) < 4.78 is 70.4. The molecule has 4 aliphatic heterocycles. The summed E-state index contributed by atoms with van der Waals surface area (Å²) in [6.07, 6.45) is -6.74. The van der Waals surface area contributed by atoms with Crippen molar-refractivity contribution in [1.82, 2.24) is 0 Å². The SMILES string of the molecule is CC(=O)OC[C@H]1O[C@H](OC[C@H]2O[C@@H]3OC(C)(C)O[C@@H]3[C@H]3OC(C)(C)O[C@H]32)[C@H](OCc2ccccc2)[C@@H](OCc2ccccc2)[C@@H]1OCc1ccccc1. The Labute approximate surface area is 310 Å². The molecule has 0 unspecified atom stereocenters. The first-order chi connectivity index (χ1) is 25.5. The van der Waals surface area contributed by atoms with Crippen molar-refractivity contribution in [3.63, 3.8) is 0 Å². The van der Waals surface area contributed by atoms with Gasteiger partial charge in [-0.05, 0) is 44.4 Å². The molecule has 3 aromatic carbocycles. The Bertz CT molecular complexity index is 1600. The van der Waals surface area contributed by atoms with Gasteiger partial charge in [-0.15, -0.1) is 0 Å². The maximum absolute atomic E-state index is 12.1. The second-order valence-electron chi connectivity index (χ2n) is 14.7. The van der Waals surface area contributed by atoms with E-state index in [1.165, 1.54) is 6.92 Å². The van der Waals surface area contributed by atoms with Gasteiger partial charge in [-0.2, -0.15) is 0 Å². The van der Waals surface area contributed by atoms with Gasteiger partial charge in [0.25, 0.3) is 0 Å². The quantitative estimate of drug-likeness (QED) is 0.196. The molecule has 0 aromatic heterocycles. The molecule has 0 N–H and O–H groups in total. The summed E-state index contributed by atoms with van der Waals surface area (Å²) in [4.78, 5) is 12.1. The number of hydrogen-bond acceptors (Lipinski definition) is 12. The molecule has 4 heterocycles. The fourth-order valence-electron chi connectivity index (χ4n) is 7.23. The Hall–Kier alpha value is -3.27. The average Bonchev–Trinajstić information content (AvgIpc) is 3.65. The molecule has 7 rings (SSSR count).